The average Bonchev–Trinajstić information content (AvgIpc) is 3.35. The highest BCUT2D eigenvalue weighted by Gasteiger charge is 2.31. The van der Waals surface area contributed by atoms with Gasteiger partial charge in [0.05, 0.1) is 22.5 Å². The first kappa shape index (κ1) is 19.7. The van der Waals surface area contributed by atoms with E-state index in [0.29, 0.717) is 34.3 Å². The zero-order valence-corrected chi connectivity index (χ0v) is 18.7. The quantitative estimate of drug-likeness (QED) is 0.429. The van der Waals surface area contributed by atoms with E-state index in [1.165, 1.54) is 0 Å². The van der Waals surface area contributed by atoms with Crippen molar-refractivity contribution < 1.29 is 8.42 Å². The number of aryl methyl sites for hydroxylation is 2. The summed E-state index contributed by atoms with van der Waals surface area (Å²) in [6.07, 6.45) is 0. The van der Waals surface area contributed by atoms with E-state index in [-0.39, 0.29) is 15.6 Å². The van der Waals surface area contributed by atoms with Gasteiger partial charge in [0.15, 0.2) is 5.65 Å². The summed E-state index contributed by atoms with van der Waals surface area (Å²) in [7, 11) is -3.92. The van der Waals surface area contributed by atoms with Crippen molar-refractivity contribution in [3.63, 3.8) is 0 Å². The number of rotatable bonds is 4. The maximum atomic E-state index is 13.8. The molecular formula is C23H20N4O2S2. The minimum atomic E-state index is -3.92. The van der Waals surface area contributed by atoms with Crippen LogP contribution in [-0.4, -0.2) is 23.0 Å². The number of sulfone groups is 1. The van der Waals surface area contributed by atoms with Crippen LogP contribution in [0.25, 0.3) is 22.2 Å². The number of hydrogen-bond acceptors (Lipinski definition) is 6. The Hall–Kier alpha value is -3.23. The van der Waals surface area contributed by atoms with Crippen molar-refractivity contribution in [2.24, 2.45) is 0 Å². The van der Waals surface area contributed by atoms with Crippen LogP contribution in [0, 0.1) is 13.8 Å². The predicted octanol–water partition coefficient (Wildman–Crippen LogP) is 4.73. The van der Waals surface area contributed by atoms with Crippen LogP contribution >= 0.6 is 11.3 Å². The van der Waals surface area contributed by atoms with Gasteiger partial charge in [0.25, 0.3) is 0 Å². The van der Waals surface area contributed by atoms with Gasteiger partial charge in [-0.05, 0) is 54.6 Å². The Morgan fingerprint density at radius 1 is 1.00 bits per heavy atom. The third-order valence-electron chi connectivity index (χ3n) is 5.34. The molecule has 5 rings (SSSR count). The Bertz CT molecular complexity index is 1550. The van der Waals surface area contributed by atoms with Crippen LogP contribution in [0.4, 0.5) is 5.82 Å². The van der Waals surface area contributed by atoms with Crippen molar-refractivity contribution in [1.29, 1.82) is 0 Å². The SMILES string of the molecule is Cc1ccc(C)c(S(=O)(=O)c2c(N)n(Cc3cccs3)c3nc4ccccc4nc23)c1. The topological polar surface area (TPSA) is 90.9 Å². The molecule has 2 N–H and O–H groups in total. The Labute approximate surface area is 183 Å². The molecule has 2 aromatic carbocycles. The summed E-state index contributed by atoms with van der Waals surface area (Å²) >= 11 is 1.58. The summed E-state index contributed by atoms with van der Waals surface area (Å²) in [5.41, 5.74) is 10.1. The van der Waals surface area contributed by atoms with E-state index >= 15 is 0 Å². The van der Waals surface area contributed by atoms with E-state index in [2.05, 4.69) is 0 Å². The van der Waals surface area contributed by atoms with Gasteiger partial charge in [-0.25, -0.2) is 18.4 Å². The summed E-state index contributed by atoms with van der Waals surface area (Å²) in [5, 5.41) is 1.98. The van der Waals surface area contributed by atoms with Crippen LogP contribution in [-0.2, 0) is 16.4 Å². The van der Waals surface area contributed by atoms with E-state index in [1.807, 2.05) is 60.8 Å². The number of nitrogens with zero attached hydrogens (tertiary/aromatic N) is 3. The van der Waals surface area contributed by atoms with Crippen molar-refractivity contribution in [3.8, 4) is 0 Å². The molecule has 6 nitrogen and oxygen atoms in total. The molecule has 156 valence electrons. The number of nitrogens with two attached hydrogens (primary N) is 1. The number of benzene rings is 2. The van der Waals surface area contributed by atoms with Gasteiger partial charge < -0.3 is 10.3 Å². The first-order valence-corrected chi connectivity index (χ1v) is 12.1. The number of thiophene rings is 1. The van der Waals surface area contributed by atoms with Crippen molar-refractivity contribution in [2.75, 3.05) is 5.73 Å². The lowest BCUT2D eigenvalue weighted by molar-refractivity contribution is 0.596. The molecule has 0 bridgehead atoms. The van der Waals surface area contributed by atoms with Gasteiger partial charge in [-0.3, -0.25) is 0 Å². The molecule has 0 aliphatic rings. The zero-order valence-electron chi connectivity index (χ0n) is 17.0. The standard InChI is InChI=1S/C23H20N4O2S2/c1-14-9-10-15(2)19(12-14)31(28,29)21-20-23(26-18-8-4-3-7-17(18)25-20)27(22(21)24)13-16-6-5-11-30-16/h3-12H,13,24H2,1-2H3. The van der Waals surface area contributed by atoms with E-state index < -0.39 is 9.84 Å². The van der Waals surface area contributed by atoms with Gasteiger partial charge in [0.2, 0.25) is 9.84 Å². The van der Waals surface area contributed by atoms with Crippen molar-refractivity contribution in [3.05, 3.63) is 76.0 Å². The molecule has 0 fully saturated rings. The van der Waals surface area contributed by atoms with Crippen LogP contribution in [0.5, 0.6) is 0 Å². The Balaban J connectivity index is 1.86. The van der Waals surface area contributed by atoms with E-state index in [1.54, 1.807) is 28.9 Å². The first-order chi connectivity index (χ1) is 14.9. The van der Waals surface area contributed by atoms with Gasteiger partial charge in [-0.2, -0.15) is 0 Å². The fraction of sp³-hybridized carbons (Fsp3) is 0.130. The van der Waals surface area contributed by atoms with Gasteiger partial charge in [-0.15, -0.1) is 11.3 Å². The predicted molar refractivity (Wildman–Crippen MR) is 124 cm³/mol. The fourth-order valence-electron chi connectivity index (χ4n) is 3.78. The molecule has 0 spiro atoms. The van der Waals surface area contributed by atoms with Crippen molar-refractivity contribution >= 4 is 49.2 Å². The lowest BCUT2D eigenvalue weighted by atomic mass is 10.2. The lowest BCUT2D eigenvalue weighted by Crippen LogP contribution is -2.09. The number of aromatic nitrogens is 3. The highest BCUT2D eigenvalue weighted by atomic mass is 32.2. The van der Waals surface area contributed by atoms with Crippen LogP contribution in [0.15, 0.2) is 69.8 Å². The van der Waals surface area contributed by atoms with E-state index in [4.69, 9.17) is 15.7 Å². The monoisotopic (exact) mass is 448 g/mol. The summed E-state index contributed by atoms with van der Waals surface area (Å²) in [6.45, 7) is 4.08. The number of hydrogen-bond donors (Lipinski definition) is 1. The molecule has 5 aromatic rings. The molecule has 8 heteroatoms. The third-order valence-corrected chi connectivity index (χ3v) is 8.16. The largest absolute Gasteiger partial charge is 0.384 e. The van der Waals surface area contributed by atoms with Crippen LogP contribution < -0.4 is 5.73 Å². The molecule has 3 aromatic heterocycles. The second-order valence-electron chi connectivity index (χ2n) is 7.54. The van der Waals surface area contributed by atoms with Gasteiger partial charge in [0.1, 0.15) is 16.2 Å². The fourth-order valence-corrected chi connectivity index (χ4v) is 6.30. The average molecular weight is 449 g/mol. The van der Waals surface area contributed by atoms with Crippen LogP contribution in [0.1, 0.15) is 16.0 Å². The third kappa shape index (κ3) is 3.19. The highest BCUT2D eigenvalue weighted by Crippen LogP contribution is 2.37. The molecule has 0 aliphatic carbocycles. The number of para-hydroxylation sites is 2. The second kappa shape index (κ2) is 7.18. The smallest absolute Gasteiger partial charge is 0.212 e. The zero-order chi connectivity index (χ0) is 21.8. The van der Waals surface area contributed by atoms with E-state index in [0.717, 1.165) is 10.4 Å². The summed E-state index contributed by atoms with van der Waals surface area (Å²) < 4.78 is 29.4. The van der Waals surface area contributed by atoms with Crippen molar-refractivity contribution in [1.82, 2.24) is 14.5 Å². The Morgan fingerprint density at radius 2 is 1.74 bits per heavy atom. The molecule has 0 amide bonds. The Kier molecular flexibility index (Phi) is 4.56. The van der Waals surface area contributed by atoms with Crippen LogP contribution in [0.3, 0.4) is 0 Å². The summed E-state index contributed by atoms with van der Waals surface area (Å²) in [5.74, 6) is 0.152. The number of nitrogen functional groups attached to an aromatic ring is 1. The minimum absolute atomic E-state index is 0.0195. The minimum Gasteiger partial charge on any atom is -0.384 e. The number of anilines is 1. The molecule has 0 saturated heterocycles. The second-order valence-corrected chi connectivity index (χ2v) is 10.4. The van der Waals surface area contributed by atoms with Crippen LogP contribution in [0.2, 0.25) is 0 Å². The summed E-state index contributed by atoms with van der Waals surface area (Å²) in [6, 6.07) is 16.7. The van der Waals surface area contributed by atoms with Gasteiger partial charge in [-0.1, -0.05) is 30.3 Å². The van der Waals surface area contributed by atoms with E-state index in [9.17, 15) is 8.42 Å². The molecule has 0 unspecified atom stereocenters. The van der Waals surface area contributed by atoms with Gasteiger partial charge >= 0.3 is 0 Å². The molecule has 0 saturated carbocycles. The molecule has 0 aliphatic heterocycles. The normalized spacial score (nSPS) is 12.1. The Morgan fingerprint density at radius 3 is 2.45 bits per heavy atom. The maximum absolute atomic E-state index is 13.8. The molecule has 0 atom stereocenters. The maximum Gasteiger partial charge on any atom is 0.212 e. The van der Waals surface area contributed by atoms with Gasteiger partial charge in [0, 0.05) is 4.88 Å². The first-order valence-electron chi connectivity index (χ1n) is 9.75. The molecule has 31 heavy (non-hydrogen) atoms. The number of fused-ring (bicyclic) bond motifs is 2. The molecule has 0 radical (unpaired) electrons. The lowest BCUT2D eigenvalue weighted by Gasteiger charge is -2.10. The molecular weight excluding hydrogens is 428 g/mol. The highest BCUT2D eigenvalue weighted by molar-refractivity contribution is 7.92. The molecule has 3 heterocycles. The summed E-state index contributed by atoms with van der Waals surface area (Å²) in [4.78, 5) is 10.8. The van der Waals surface area contributed by atoms with Crippen molar-refractivity contribution in [2.45, 2.75) is 30.2 Å².